The predicted octanol–water partition coefficient (Wildman–Crippen LogP) is 2.34. The molecule has 0 unspecified atom stereocenters. The van der Waals surface area contributed by atoms with Crippen molar-refractivity contribution in [2.45, 2.75) is 31.6 Å². The van der Waals surface area contributed by atoms with E-state index in [-0.39, 0.29) is 24.2 Å². The molecule has 1 aromatic rings. The van der Waals surface area contributed by atoms with Crippen molar-refractivity contribution in [3.63, 3.8) is 0 Å². The van der Waals surface area contributed by atoms with Gasteiger partial charge in [0, 0.05) is 25.2 Å². The van der Waals surface area contributed by atoms with Gasteiger partial charge < -0.3 is 10.4 Å². The molecular weight excluding hydrogens is 297 g/mol. The Balaban J connectivity index is 2.03. The van der Waals surface area contributed by atoms with Gasteiger partial charge in [-0.25, -0.2) is 0 Å². The molecule has 1 saturated heterocycles. The Morgan fingerprint density at radius 1 is 1.41 bits per heavy atom. The second kappa shape index (κ2) is 6.26. The first-order valence-electron chi connectivity index (χ1n) is 7.04. The molecule has 0 saturated carbocycles. The highest BCUT2D eigenvalue weighted by atomic mass is 19.4. The second-order valence-electron chi connectivity index (χ2n) is 5.92. The van der Waals surface area contributed by atoms with Crippen molar-refractivity contribution in [2.24, 2.45) is 0 Å². The smallest absolute Gasteiger partial charge is 0.416 e. The number of hydrogen-bond donors (Lipinski definition) is 2. The van der Waals surface area contributed by atoms with Gasteiger partial charge >= 0.3 is 12.1 Å². The summed E-state index contributed by atoms with van der Waals surface area (Å²) in [6, 6.07) is 5.56. The summed E-state index contributed by atoms with van der Waals surface area (Å²) in [5.74, 6) is -0.943. The van der Waals surface area contributed by atoms with Crippen LogP contribution in [0.3, 0.4) is 0 Å². The molecule has 0 radical (unpaired) electrons. The van der Waals surface area contributed by atoms with Gasteiger partial charge in [-0.05, 0) is 25.0 Å². The molecule has 0 bridgehead atoms. The minimum Gasteiger partial charge on any atom is -0.480 e. The molecule has 1 aliphatic heterocycles. The third-order valence-corrected chi connectivity index (χ3v) is 3.94. The zero-order valence-corrected chi connectivity index (χ0v) is 12.3. The highest BCUT2D eigenvalue weighted by Crippen LogP contribution is 2.33. The highest BCUT2D eigenvalue weighted by Gasteiger charge is 2.36. The van der Waals surface area contributed by atoms with Crippen LogP contribution < -0.4 is 5.32 Å². The largest absolute Gasteiger partial charge is 0.480 e. The minimum absolute atomic E-state index is 0.149. The van der Waals surface area contributed by atoms with E-state index in [1.807, 2.05) is 11.8 Å². The summed E-state index contributed by atoms with van der Waals surface area (Å²) in [5.41, 5.74) is -0.745. The lowest BCUT2D eigenvalue weighted by Gasteiger charge is -2.26. The summed E-state index contributed by atoms with van der Waals surface area (Å²) in [7, 11) is 0. The number of benzene rings is 1. The molecule has 4 nitrogen and oxygen atoms in total. The average Bonchev–Trinajstić information content (AvgIpc) is 2.78. The van der Waals surface area contributed by atoms with Gasteiger partial charge in [-0.1, -0.05) is 18.2 Å². The van der Waals surface area contributed by atoms with Crippen LogP contribution in [0, 0.1) is 0 Å². The molecule has 0 spiro atoms. The van der Waals surface area contributed by atoms with E-state index in [1.165, 1.54) is 12.1 Å². The number of carboxylic acids is 1. The van der Waals surface area contributed by atoms with E-state index in [9.17, 15) is 18.0 Å². The third kappa shape index (κ3) is 4.20. The summed E-state index contributed by atoms with van der Waals surface area (Å²) in [5, 5.41) is 11.7. The lowest BCUT2D eigenvalue weighted by molar-refractivity contribution is -0.138. The van der Waals surface area contributed by atoms with Crippen LogP contribution in [0.4, 0.5) is 13.2 Å². The van der Waals surface area contributed by atoms with E-state index in [0.717, 1.165) is 6.07 Å². The van der Waals surface area contributed by atoms with Gasteiger partial charge in [-0.15, -0.1) is 0 Å². The van der Waals surface area contributed by atoms with Crippen LogP contribution in [0.15, 0.2) is 24.3 Å². The van der Waals surface area contributed by atoms with Crippen LogP contribution in [-0.2, 0) is 17.5 Å². The molecule has 1 atom stereocenters. The van der Waals surface area contributed by atoms with Crippen molar-refractivity contribution in [2.75, 3.05) is 19.6 Å². The maximum absolute atomic E-state index is 13.0. The van der Waals surface area contributed by atoms with E-state index >= 15 is 0 Å². The Kier molecular flexibility index (Phi) is 4.77. The third-order valence-electron chi connectivity index (χ3n) is 3.94. The van der Waals surface area contributed by atoms with Crippen LogP contribution in [0.2, 0.25) is 0 Å². The number of nitrogens with one attached hydrogen (secondary N) is 1. The SMILES string of the molecule is C[C@@]1(NCC(=O)O)CCN(Cc2ccccc2C(F)(F)F)C1. The zero-order valence-electron chi connectivity index (χ0n) is 12.3. The highest BCUT2D eigenvalue weighted by molar-refractivity contribution is 5.69. The van der Waals surface area contributed by atoms with Crippen LogP contribution in [0.25, 0.3) is 0 Å². The van der Waals surface area contributed by atoms with E-state index < -0.39 is 17.7 Å². The van der Waals surface area contributed by atoms with Crippen molar-refractivity contribution >= 4 is 5.97 Å². The van der Waals surface area contributed by atoms with Crippen molar-refractivity contribution in [3.8, 4) is 0 Å². The number of likely N-dealkylation sites (tertiary alicyclic amines) is 1. The number of alkyl halides is 3. The van der Waals surface area contributed by atoms with E-state index in [2.05, 4.69) is 5.32 Å². The first kappa shape index (κ1) is 16.8. The molecule has 122 valence electrons. The van der Waals surface area contributed by atoms with Gasteiger partial charge in [0.2, 0.25) is 0 Å². The van der Waals surface area contributed by atoms with Gasteiger partial charge in [0.15, 0.2) is 0 Å². The Bertz CT molecular complexity index is 548. The average molecular weight is 316 g/mol. The lowest BCUT2D eigenvalue weighted by atomic mass is 10.0. The van der Waals surface area contributed by atoms with Gasteiger partial charge in [-0.2, -0.15) is 13.2 Å². The Morgan fingerprint density at radius 3 is 2.73 bits per heavy atom. The molecular formula is C15H19F3N2O2. The topological polar surface area (TPSA) is 52.6 Å². The van der Waals surface area contributed by atoms with Crippen LogP contribution in [0.1, 0.15) is 24.5 Å². The molecule has 1 heterocycles. The number of carboxylic acid groups (broad SMARTS) is 1. The van der Waals surface area contributed by atoms with Crippen LogP contribution >= 0.6 is 0 Å². The van der Waals surface area contributed by atoms with Gasteiger partial charge in [0.1, 0.15) is 0 Å². The zero-order chi connectivity index (χ0) is 16.4. The number of hydrogen-bond acceptors (Lipinski definition) is 3. The number of rotatable bonds is 5. The summed E-state index contributed by atoms with van der Waals surface area (Å²) < 4.78 is 39.0. The van der Waals surface area contributed by atoms with Crippen molar-refractivity contribution in [3.05, 3.63) is 35.4 Å². The molecule has 1 aromatic carbocycles. The molecule has 2 N–H and O–H groups in total. The monoisotopic (exact) mass is 316 g/mol. The molecule has 1 fully saturated rings. The van der Waals surface area contributed by atoms with E-state index in [0.29, 0.717) is 19.5 Å². The summed E-state index contributed by atoms with van der Waals surface area (Å²) >= 11 is 0. The van der Waals surface area contributed by atoms with Crippen molar-refractivity contribution in [1.29, 1.82) is 0 Å². The maximum Gasteiger partial charge on any atom is 0.416 e. The Hall–Kier alpha value is -1.60. The first-order chi connectivity index (χ1) is 10.2. The fourth-order valence-electron chi connectivity index (χ4n) is 2.80. The molecule has 22 heavy (non-hydrogen) atoms. The number of halogens is 3. The van der Waals surface area contributed by atoms with Crippen LogP contribution in [-0.4, -0.2) is 41.1 Å². The minimum atomic E-state index is -4.36. The number of aliphatic carboxylic acids is 1. The molecule has 7 heteroatoms. The van der Waals surface area contributed by atoms with Crippen molar-refractivity contribution < 1.29 is 23.1 Å². The fourth-order valence-corrected chi connectivity index (χ4v) is 2.80. The second-order valence-corrected chi connectivity index (χ2v) is 5.92. The normalized spacial score (nSPS) is 22.9. The van der Waals surface area contributed by atoms with Gasteiger partial charge in [-0.3, -0.25) is 9.69 Å². The van der Waals surface area contributed by atoms with Gasteiger partial charge in [0.05, 0.1) is 12.1 Å². The maximum atomic E-state index is 13.0. The lowest BCUT2D eigenvalue weighted by Crippen LogP contribution is -2.46. The molecule has 0 aromatic heterocycles. The van der Waals surface area contributed by atoms with Gasteiger partial charge in [0.25, 0.3) is 0 Å². The van der Waals surface area contributed by atoms with Crippen molar-refractivity contribution in [1.82, 2.24) is 10.2 Å². The van der Waals surface area contributed by atoms with Crippen LogP contribution in [0.5, 0.6) is 0 Å². The molecule has 0 aliphatic carbocycles. The molecule has 0 amide bonds. The Morgan fingerprint density at radius 2 is 2.09 bits per heavy atom. The summed E-state index contributed by atoms with van der Waals surface area (Å²) in [4.78, 5) is 12.5. The number of carbonyl (C=O) groups is 1. The molecule has 1 aliphatic rings. The van der Waals surface area contributed by atoms with E-state index in [1.54, 1.807) is 6.07 Å². The summed E-state index contributed by atoms with van der Waals surface area (Å²) in [6.07, 6.45) is -3.66. The quantitative estimate of drug-likeness (QED) is 0.875. The first-order valence-corrected chi connectivity index (χ1v) is 7.04. The number of nitrogens with zero attached hydrogens (tertiary/aromatic N) is 1. The fraction of sp³-hybridized carbons (Fsp3) is 0.533. The molecule has 2 rings (SSSR count). The van der Waals surface area contributed by atoms with E-state index in [4.69, 9.17) is 5.11 Å². The summed E-state index contributed by atoms with van der Waals surface area (Å²) in [6.45, 7) is 3.11. The standard InChI is InChI=1S/C15H19F3N2O2/c1-14(19-8-13(21)22)6-7-20(10-14)9-11-4-2-3-5-12(11)15(16,17)18/h2-5,19H,6-10H2,1H3,(H,21,22)/t14-/m1/s1. The predicted molar refractivity (Wildman–Crippen MR) is 75.4 cm³/mol. The Labute approximate surface area is 126 Å².